The number of carboxylic acid groups (broad SMARTS) is 2. The molecule has 0 atom stereocenters. The van der Waals surface area contributed by atoms with Gasteiger partial charge in [-0.1, -0.05) is 0 Å². The van der Waals surface area contributed by atoms with Crippen LogP contribution in [-0.2, 0) is 30.7 Å². The summed E-state index contributed by atoms with van der Waals surface area (Å²) >= 11 is 0. The van der Waals surface area contributed by atoms with E-state index in [1.54, 1.807) is 0 Å². The van der Waals surface area contributed by atoms with Crippen molar-refractivity contribution < 1.29 is 40.9 Å². The van der Waals surface area contributed by atoms with Crippen LogP contribution in [0.25, 0.3) is 0 Å². The first-order chi connectivity index (χ1) is 6.43. The zero-order valence-electron chi connectivity index (χ0n) is 7.93. The van der Waals surface area contributed by atoms with Crippen LogP contribution >= 0.6 is 0 Å². The van der Waals surface area contributed by atoms with E-state index in [0.29, 0.717) is 0 Å². The predicted octanol–water partition coefficient (Wildman–Crippen LogP) is -2.83. The molecular formula is C8H12N2O4Pt. The molecule has 0 aromatic heterocycles. The van der Waals surface area contributed by atoms with Gasteiger partial charge in [0.25, 0.3) is 0 Å². The van der Waals surface area contributed by atoms with Crippen molar-refractivity contribution in [3.8, 4) is 0 Å². The van der Waals surface area contributed by atoms with E-state index in [2.05, 4.69) is 0 Å². The van der Waals surface area contributed by atoms with Gasteiger partial charge in [0.2, 0.25) is 0 Å². The van der Waals surface area contributed by atoms with Crippen LogP contribution in [0.1, 0.15) is 25.7 Å². The van der Waals surface area contributed by atoms with E-state index >= 15 is 0 Å². The molecule has 0 saturated heterocycles. The first-order valence-electron chi connectivity index (χ1n) is 4.06. The molecular weight excluding hydrogens is 383 g/mol. The zero-order chi connectivity index (χ0) is 11.1. The van der Waals surface area contributed by atoms with Crippen LogP contribution in [0.5, 0.6) is 0 Å². The molecule has 0 amide bonds. The monoisotopic (exact) mass is 395 g/mol. The first-order valence-corrected chi connectivity index (χ1v) is 4.06. The van der Waals surface area contributed by atoms with Gasteiger partial charge in [-0.15, -0.1) is 0 Å². The van der Waals surface area contributed by atoms with E-state index in [1.165, 1.54) is 0 Å². The topological polar surface area (TPSA) is 132 Å². The third-order valence-corrected chi connectivity index (χ3v) is 1.61. The molecule has 0 fully saturated rings. The maximum Gasteiger partial charge on any atom is 2.00 e. The molecule has 0 spiro atoms. The van der Waals surface area contributed by atoms with Crippen molar-refractivity contribution in [3.05, 3.63) is 11.4 Å². The number of carbonyl (C=O) groups is 2. The fraction of sp³-hybridized carbons (Fsp3) is 0.500. The van der Waals surface area contributed by atoms with Crippen LogP contribution in [0.15, 0.2) is 11.4 Å². The quantitative estimate of drug-likeness (QED) is 0.530. The molecule has 0 unspecified atom stereocenters. The number of hydrogen-bond acceptors (Lipinski definition) is 6. The van der Waals surface area contributed by atoms with Crippen LogP contribution < -0.4 is 21.7 Å². The summed E-state index contributed by atoms with van der Waals surface area (Å²) < 4.78 is 0. The summed E-state index contributed by atoms with van der Waals surface area (Å²) in [4.78, 5) is 19.0. The van der Waals surface area contributed by atoms with E-state index in [1.807, 2.05) is 0 Å². The summed E-state index contributed by atoms with van der Waals surface area (Å²) in [6.45, 7) is 0. The molecule has 0 heterocycles. The summed E-state index contributed by atoms with van der Waals surface area (Å²) in [6, 6.07) is 0. The number of carboxylic acids is 2. The largest absolute Gasteiger partial charge is 2.00 e. The summed E-state index contributed by atoms with van der Waals surface area (Å²) in [5.74, 6) is -2.73. The van der Waals surface area contributed by atoms with Crippen LogP contribution in [0, 0.1) is 0 Å². The summed E-state index contributed by atoms with van der Waals surface area (Å²) in [5, 5.41) is 19.0. The molecule has 0 aliphatic heterocycles. The Labute approximate surface area is 102 Å². The normalized spacial score (nSPS) is 12.8. The van der Waals surface area contributed by atoms with Crippen molar-refractivity contribution in [2.75, 3.05) is 0 Å². The minimum absolute atomic E-state index is 0. The van der Waals surface area contributed by atoms with Crippen molar-refractivity contribution in [3.63, 3.8) is 0 Å². The van der Waals surface area contributed by atoms with E-state index in [9.17, 15) is 19.8 Å². The first kappa shape index (κ1) is 16.4. The SMILES string of the molecule is NC1=C(N)CC1.O=C([O-])CCC(=O)[O-].[Pt+2]. The van der Waals surface area contributed by atoms with Crippen LogP contribution in [0.3, 0.4) is 0 Å². The molecule has 7 heteroatoms. The molecule has 0 bridgehead atoms. The van der Waals surface area contributed by atoms with Gasteiger partial charge < -0.3 is 31.3 Å². The smallest absolute Gasteiger partial charge is 0.550 e. The Morgan fingerprint density at radius 2 is 1.27 bits per heavy atom. The Morgan fingerprint density at radius 1 is 1.00 bits per heavy atom. The Bertz CT molecular complexity index is 239. The predicted molar refractivity (Wildman–Crippen MR) is 43.9 cm³/mol. The number of hydrogen-bond donors (Lipinski definition) is 2. The average Bonchev–Trinajstić information content (AvgIpc) is 2.12. The molecule has 1 rings (SSSR count). The van der Waals surface area contributed by atoms with Crippen molar-refractivity contribution >= 4 is 11.9 Å². The number of carbonyl (C=O) groups excluding carboxylic acids is 2. The Hall–Kier alpha value is -1.03. The third kappa shape index (κ3) is 9.28. The molecule has 0 saturated carbocycles. The average molecular weight is 395 g/mol. The maximum absolute atomic E-state index is 9.50. The second-order valence-corrected chi connectivity index (χ2v) is 2.79. The number of aliphatic carboxylic acids is 2. The molecule has 0 aromatic rings. The van der Waals surface area contributed by atoms with Gasteiger partial charge in [-0.3, -0.25) is 0 Å². The molecule has 6 nitrogen and oxygen atoms in total. The van der Waals surface area contributed by atoms with E-state index in [0.717, 1.165) is 24.2 Å². The second-order valence-electron chi connectivity index (χ2n) is 2.79. The molecule has 1 aliphatic rings. The fourth-order valence-corrected chi connectivity index (χ4v) is 0.618. The number of rotatable bonds is 3. The Morgan fingerprint density at radius 3 is 1.33 bits per heavy atom. The molecule has 15 heavy (non-hydrogen) atoms. The second kappa shape index (κ2) is 8.29. The van der Waals surface area contributed by atoms with Crippen LogP contribution in [0.2, 0.25) is 0 Å². The van der Waals surface area contributed by atoms with Gasteiger partial charge >= 0.3 is 21.1 Å². The van der Waals surface area contributed by atoms with Gasteiger partial charge in [0.05, 0.1) is 0 Å². The van der Waals surface area contributed by atoms with Crippen molar-refractivity contribution in [2.45, 2.75) is 25.7 Å². The van der Waals surface area contributed by atoms with Gasteiger partial charge in [-0.2, -0.15) is 0 Å². The summed E-state index contributed by atoms with van der Waals surface area (Å²) in [5.41, 5.74) is 12.3. The van der Waals surface area contributed by atoms with Gasteiger partial charge in [0.15, 0.2) is 0 Å². The minimum atomic E-state index is -1.37. The van der Waals surface area contributed by atoms with E-state index < -0.39 is 24.8 Å². The van der Waals surface area contributed by atoms with Gasteiger partial charge in [0.1, 0.15) is 0 Å². The molecule has 1 aliphatic carbocycles. The standard InChI is InChI=1S/C4H8N2.C4H6O4.Pt/c5-3-1-2-4(3)6;5-3(6)1-2-4(7)8;/h1-2,5-6H2;1-2H2,(H,5,6)(H,7,8);/q;;+2/p-2. The molecule has 88 valence electrons. The molecule has 0 radical (unpaired) electrons. The maximum atomic E-state index is 9.50. The van der Waals surface area contributed by atoms with Crippen LogP contribution in [-0.4, -0.2) is 11.9 Å². The molecule has 0 aromatic carbocycles. The fourth-order valence-electron chi connectivity index (χ4n) is 0.618. The number of allylic oxidation sites excluding steroid dienone is 2. The van der Waals surface area contributed by atoms with Crippen LogP contribution in [0.4, 0.5) is 0 Å². The Balaban J connectivity index is 0. The van der Waals surface area contributed by atoms with Crippen molar-refractivity contribution in [1.82, 2.24) is 0 Å². The summed E-state index contributed by atoms with van der Waals surface area (Å²) in [6.07, 6.45) is 1.07. The third-order valence-electron chi connectivity index (χ3n) is 1.61. The van der Waals surface area contributed by atoms with Gasteiger partial charge in [0, 0.05) is 23.3 Å². The Kier molecular flexibility index (Phi) is 9.06. The van der Waals surface area contributed by atoms with Gasteiger partial charge in [-0.05, 0) is 25.7 Å². The number of nitrogens with two attached hydrogens (primary N) is 2. The zero-order valence-corrected chi connectivity index (χ0v) is 10.2. The van der Waals surface area contributed by atoms with Crippen molar-refractivity contribution in [2.24, 2.45) is 11.5 Å². The van der Waals surface area contributed by atoms with Crippen molar-refractivity contribution in [1.29, 1.82) is 0 Å². The van der Waals surface area contributed by atoms with Gasteiger partial charge in [-0.25, -0.2) is 0 Å². The van der Waals surface area contributed by atoms with E-state index in [4.69, 9.17) is 11.5 Å². The minimum Gasteiger partial charge on any atom is -0.550 e. The molecule has 4 N–H and O–H groups in total. The summed E-state index contributed by atoms with van der Waals surface area (Å²) in [7, 11) is 0. The van der Waals surface area contributed by atoms with E-state index in [-0.39, 0.29) is 21.1 Å².